The first kappa shape index (κ1) is 13.8. The van der Waals surface area contributed by atoms with Crippen LogP contribution in [0.2, 0.25) is 0 Å². The second kappa shape index (κ2) is 5.69. The van der Waals surface area contributed by atoms with Gasteiger partial charge in [-0.25, -0.2) is 4.98 Å². The molecule has 0 atom stereocenters. The average Bonchev–Trinajstić information content (AvgIpc) is 2.87. The summed E-state index contributed by atoms with van der Waals surface area (Å²) in [4.78, 5) is 8.80. The van der Waals surface area contributed by atoms with Gasteiger partial charge in [-0.2, -0.15) is 0 Å². The molecular formula is C16H18N4S. The number of nitrogens with two attached hydrogens (primary N) is 1. The van der Waals surface area contributed by atoms with E-state index in [1.807, 2.05) is 32.2 Å². The van der Waals surface area contributed by atoms with Crippen molar-refractivity contribution in [3.63, 3.8) is 0 Å². The van der Waals surface area contributed by atoms with Crippen molar-refractivity contribution in [2.45, 2.75) is 20.3 Å². The molecule has 2 heterocycles. The maximum absolute atomic E-state index is 6.02. The zero-order valence-corrected chi connectivity index (χ0v) is 13.0. The minimum atomic E-state index is 0.763. The maximum atomic E-state index is 6.02. The van der Waals surface area contributed by atoms with Gasteiger partial charge in [0.1, 0.15) is 0 Å². The SMILES string of the molecule is Cc1cc2c(NCCc3nc(C)cs3)ccc(N)c2cn1. The van der Waals surface area contributed by atoms with Crippen molar-refractivity contribution >= 4 is 33.5 Å². The Balaban J connectivity index is 1.80. The lowest BCUT2D eigenvalue weighted by atomic mass is 10.1. The van der Waals surface area contributed by atoms with E-state index in [-0.39, 0.29) is 0 Å². The number of benzene rings is 1. The molecule has 3 rings (SSSR count). The highest BCUT2D eigenvalue weighted by Gasteiger charge is 2.05. The third-order valence-electron chi connectivity index (χ3n) is 3.39. The molecule has 5 heteroatoms. The zero-order chi connectivity index (χ0) is 14.8. The van der Waals surface area contributed by atoms with Crippen LogP contribution in [0.15, 0.2) is 29.8 Å². The standard InChI is InChI=1S/C16H18N4S/c1-10-7-12-13(8-19-10)14(17)3-4-15(12)18-6-5-16-20-11(2)9-21-16/h3-4,7-9,18H,5-6,17H2,1-2H3. The van der Waals surface area contributed by atoms with Crippen LogP contribution in [0.4, 0.5) is 11.4 Å². The molecule has 21 heavy (non-hydrogen) atoms. The number of fused-ring (bicyclic) bond motifs is 1. The Bertz CT molecular complexity index is 779. The van der Waals surface area contributed by atoms with Crippen LogP contribution >= 0.6 is 11.3 Å². The molecule has 3 aromatic rings. The number of nitrogens with zero attached hydrogens (tertiary/aromatic N) is 2. The normalized spacial score (nSPS) is 11.0. The lowest BCUT2D eigenvalue weighted by molar-refractivity contribution is 0.988. The van der Waals surface area contributed by atoms with Crippen molar-refractivity contribution in [1.82, 2.24) is 9.97 Å². The molecule has 0 aliphatic rings. The summed E-state index contributed by atoms with van der Waals surface area (Å²) in [6.07, 6.45) is 2.77. The predicted octanol–water partition coefficient (Wildman–Crippen LogP) is 3.54. The van der Waals surface area contributed by atoms with E-state index in [2.05, 4.69) is 26.7 Å². The van der Waals surface area contributed by atoms with E-state index < -0.39 is 0 Å². The van der Waals surface area contributed by atoms with E-state index in [0.717, 1.165) is 51.5 Å². The van der Waals surface area contributed by atoms with Gasteiger partial charge in [-0.15, -0.1) is 11.3 Å². The molecule has 0 fully saturated rings. The third-order valence-corrected chi connectivity index (χ3v) is 4.42. The largest absolute Gasteiger partial charge is 0.398 e. The monoisotopic (exact) mass is 298 g/mol. The molecule has 0 saturated heterocycles. The summed E-state index contributed by atoms with van der Waals surface area (Å²) in [5.41, 5.74) is 9.96. The highest BCUT2D eigenvalue weighted by Crippen LogP contribution is 2.28. The van der Waals surface area contributed by atoms with Crippen LogP contribution in [0, 0.1) is 13.8 Å². The van der Waals surface area contributed by atoms with Crippen molar-refractivity contribution < 1.29 is 0 Å². The van der Waals surface area contributed by atoms with Gasteiger partial charge in [0.25, 0.3) is 0 Å². The molecule has 0 bridgehead atoms. The summed E-state index contributed by atoms with van der Waals surface area (Å²) >= 11 is 1.71. The number of pyridine rings is 1. The number of thiazole rings is 1. The number of hydrogen-bond donors (Lipinski definition) is 2. The molecule has 0 amide bonds. The Labute approximate surface area is 128 Å². The van der Waals surface area contributed by atoms with E-state index >= 15 is 0 Å². The Morgan fingerprint density at radius 2 is 2.05 bits per heavy atom. The fourth-order valence-electron chi connectivity index (χ4n) is 2.34. The summed E-state index contributed by atoms with van der Waals surface area (Å²) in [5.74, 6) is 0. The number of aryl methyl sites for hydroxylation is 2. The van der Waals surface area contributed by atoms with Gasteiger partial charge in [0.05, 0.1) is 5.01 Å². The molecule has 1 aromatic carbocycles. The molecule has 2 aromatic heterocycles. The zero-order valence-electron chi connectivity index (χ0n) is 12.2. The predicted molar refractivity (Wildman–Crippen MR) is 89.9 cm³/mol. The van der Waals surface area contributed by atoms with Crippen LogP contribution in [0.5, 0.6) is 0 Å². The minimum Gasteiger partial charge on any atom is -0.398 e. The van der Waals surface area contributed by atoms with Gasteiger partial charge < -0.3 is 11.1 Å². The van der Waals surface area contributed by atoms with E-state index in [1.165, 1.54) is 0 Å². The maximum Gasteiger partial charge on any atom is 0.0945 e. The van der Waals surface area contributed by atoms with Gasteiger partial charge in [0.2, 0.25) is 0 Å². The topological polar surface area (TPSA) is 63.8 Å². The fraction of sp³-hybridized carbons (Fsp3) is 0.250. The fourth-order valence-corrected chi connectivity index (χ4v) is 3.12. The highest BCUT2D eigenvalue weighted by atomic mass is 32.1. The minimum absolute atomic E-state index is 0.763. The van der Waals surface area contributed by atoms with Gasteiger partial charge in [-0.3, -0.25) is 4.98 Å². The molecule has 0 aliphatic heterocycles. The Hall–Kier alpha value is -2.14. The van der Waals surface area contributed by atoms with Crippen LogP contribution in [0.1, 0.15) is 16.4 Å². The average molecular weight is 298 g/mol. The number of rotatable bonds is 4. The van der Waals surface area contributed by atoms with Gasteiger partial charge >= 0.3 is 0 Å². The molecule has 0 aliphatic carbocycles. The van der Waals surface area contributed by atoms with Crippen molar-refractivity contribution in [3.8, 4) is 0 Å². The van der Waals surface area contributed by atoms with Gasteiger partial charge in [0.15, 0.2) is 0 Å². The number of nitrogen functional groups attached to an aromatic ring is 1. The molecule has 0 radical (unpaired) electrons. The van der Waals surface area contributed by atoms with Crippen LogP contribution < -0.4 is 11.1 Å². The molecule has 108 valence electrons. The number of hydrogen-bond acceptors (Lipinski definition) is 5. The molecule has 3 N–H and O–H groups in total. The lowest BCUT2D eigenvalue weighted by Gasteiger charge is -2.11. The summed E-state index contributed by atoms with van der Waals surface area (Å²) in [6, 6.07) is 6.03. The highest BCUT2D eigenvalue weighted by molar-refractivity contribution is 7.09. The smallest absolute Gasteiger partial charge is 0.0945 e. The number of nitrogens with one attached hydrogen (secondary N) is 1. The van der Waals surface area contributed by atoms with Gasteiger partial charge in [-0.1, -0.05) is 0 Å². The Kier molecular flexibility index (Phi) is 3.75. The molecule has 0 saturated carbocycles. The first-order valence-electron chi connectivity index (χ1n) is 6.93. The second-order valence-electron chi connectivity index (χ2n) is 5.13. The van der Waals surface area contributed by atoms with E-state index in [9.17, 15) is 0 Å². The summed E-state index contributed by atoms with van der Waals surface area (Å²) in [7, 11) is 0. The lowest BCUT2D eigenvalue weighted by Crippen LogP contribution is -2.05. The Morgan fingerprint density at radius 3 is 2.81 bits per heavy atom. The second-order valence-corrected chi connectivity index (χ2v) is 6.08. The molecule has 4 nitrogen and oxygen atoms in total. The van der Waals surface area contributed by atoms with Crippen LogP contribution in [-0.2, 0) is 6.42 Å². The van der Waals surface area contributed by atoms with E-state index in [0.29, 0.717) is 0 Å². The Morgan fingerprint density at radius 1 is 1.19 bits per heavy atom. The third kappa shape index (κ3) is 2.97. The first-order valence-corrected chi connectivity index (χ1v) is 7.81. The number of anilines is 2. The number of aromatic nitrogens is 2. The first-order chi connectivity index (χ1) is 10.1. The summed E-state index contributed by atoms with van der Waals surface area (Å²) in [6.45, 7) is 4.87. The summed E-state index contributed by atoms with van der Waals surface area (Å²) < 4.78 is 0. The van der Waals surface area contributed by atoms with Crippen molar-refractivity contribution in [2.24, 2.45) is 0 Å². The van der Waals surface area contributed by atoms with Crippen molar-refractivity contribution in [1.29, 1.82) is 0 Å². The molecule has 0 unspecified atom stereocenters. The van der Waals surface area contributed by atoms with Crippen molar-refractivity contribution in [3.05, 3.63) is 46.2 Å². The quantitative estimate of drug-likeness (QED) is 0.723. The van der Waals surface area contributed by atoms with E-state index in [4.69, 9.17) is 5.73 Å². The van der Waals surface area contributed by atoms with Crippen LogP contribution in [0.3, 0.4) is 0 Å². The molecular weight excluding hydrogens is 280 g/mol. The van der Waals surface area contributed by atoms with Gasteiger partial charge in [-0.05, 0) is 32.0 Å². The van der Waals surface area contributed by atoms with Crippen molar-refractivity contribution in [2.75, 3.05) is 17.6 Å². The molecule has 0 spiro atoms. The van der Waals surface area contributed by atoms with Crippen LogP contribution in [-0.4, -0.2) is 16.5 Å². The summed E-state index contributed by atoms with van der Waals surface area (Å²) in [5, 5.41) is 8.85. The van der Waals surface area contributed by atoms with Crippen LogP contribution in [0.25, 0.3) is 10.8 Å². The van der Waals surface area contributed by atoms with E-state index in [1.54, 1.807) is 11.3 Å². The van der Waals surface area contributed by atoms with Gasteiger partial charge in [0, 0.05) is 58.1 Å².